The van der Waals surface area contributed by atoms with Crippen molar-refractivity contribution in [2.75, 3.05) is 17.6 Å². The van der Waals surface area contributed by atoms with Gasteiger partial charge < -0.3 is 10.5 Å². The fourth-order valence-corrected chi connectivity index (χ4v) is 2.96. The molecule has 0 amide bonds. The van der Waals surface area contributed by atoms with E-state index in [4.69, 9.17) is 10.5 Å². The molecule has 0 atom stereocenters. The number of nitrogen functional groups attached to an aromatic ring is 1. The maximum absolute atomic E-state index is 13.3. The second-order valence-electron chi connectivity index (χ2n) is 4.53. The number of benzene rings is 2. The van der Waals surface area contributed by atoms with Gasteiger partial charge in [-0.15, -0.1) is 0 Å². The third-order valence-electron chi connectivity index (χ3n) is 2.81. The molecule has 0 saturated carbocycles. The average molecular weight is 310 g/mol. The molecular formula is C14H15FN2O3S. The molecule has 0 aliphatic carbocycles. The van der Waals surface area contributed by atoms with E-state index >= 15 is 0 Å². The molecule has 0 saturated heterocycles. The maximum atomic E-state index is 13.3. The van der Waals surface area contributed by atoms with Crippen LogP contribution < -0.4 is 15.2 Å². The molecule has 3 N–H and O–H groups in total. The number of rotatable bonds is 4. The monoisotopic (exact) mass is 310 g/mol. The summed E-state index contributed by atoms with van der Waals surface area (Å²) in [5.74, 6) is -0.339. The summed E-state index contributed by atoms with van der Waals surface area (Å²) in [5, 5.41) is 0. The number of hydrogen-bond acceptors (Lipinski definition) is 4. The predicted octanol–water partition coefficient (Wildman–Crippen LogP) is 2.53. The lowest BCUT2D eigenvalue weighted by Crippen LogP contribution is -2.14. The fourth-order valence-electron chi connectivity index (χ4n) is 1.83. The molecule has 5 nitrogen and oxygen atoms in total. The first kappa shape index (κ1) is 15.1. The summed E-state index contributed by atoms with van der Waals surface area (Å²) in [5.41, 5.74) is 6.69. The smallest absolute Gasteiger partial charge is 0.262 e. The zero-order valence-corrected chi connectivity index (χ0v) is 12.4. The Morgan fingerprint density at radius 3 is 2.52 bits per heavy atom. The lowest BCUT2D eigenvalue weighted by Gasteiger charge is -2.13. The summed E-state index contributed by atoms with van der Waals surface area (Å²) in [6.07, 6.45) is 0. The molecule has 0 spiro atoms. The van der Waals surface area contributed by atoms with Crippen LogP contribution >= 0.6 is 0 Å². The average Bonchev–Trinajstić information content (AvgIpc) is 2.39. The van der Waals surface area contributed by atoms with Crippen LogP contribution in [0, 0.1) is 12.7 Å². The molecule has 0 aliphatic rings. The molecule has 0 aliphatic heterocycles. The Morgan fingerprint density at radius 2 is 1.90 bits per heavy atom. The Balaban J connectivity index is 2.42. The number of nitrogens with two attached hydrogens (primary N) is 1. The van der Waals surface area contributed by atoms with Crippen molar-refractivity contribution < 1.29 is 17.5 Å². The molecule has 0 heterocycles. The number of hydrogen-bond donors (Lipinski definition) is 2. The van der Waals surface area contributed by atoms with Gasteiger partial charge in [-0.2, -0.15) is 0 Å². The fraction of sp³-hybridized carbons (Fsp3) is 0.143. The third kappa shape index (κ3) is 3.43. The van der Waals surface area contributed by atoms with E-state index in [-0.39, 0.29) is 16.3 Å². The van der Waals surface area contributed by atoms with Gasteiger partial charge in [0.1, 0.15) is 11.6 Å². The minimum absolute atomic E-state index is 0.0336. The topological polar surface area (TPSA) is 81.4 Å². The van der Waals surface area contributed by atoms with Crippen LogP contribution in [0.4, 0.5) is 15.8 Å². The minimum atomic E-state index is -3.95. The van der Waals surface area contributed by atoms with Crippen molar-refractivity contribution >= 4 is 21.4 Å². The number of methoxy groups -OCH3 is 1. The van der Waals surface area contributed by atoms with E-state index in [1.54, 1.807) is 18.2 Å². The number of aryl methyl sites for hydroxylation is 1. The highest BCUT2D eigenvalue weighted by Crippen LogP contribution is 2.28. The van der Waals surface area contributed by atoms with E-state index in [2.05, 4.69) is 4.72 Å². The highest BCUT2D eigenvalue weighted by Gasteiger charge is 2.18. The first-order valence-corrected chi connectivity index (χ1v) is 7.53. The Bertz CT molecular complexity index is 756. The van der Waals surface area contributed by atoms with Crippen LogP contribution in [0.3, 0.4) is 0 Å². The third-order valence-corrected chi connectivity index (χ3v) is 4.15. The van der Waals surface area contributed by atoms with Gasteiger partial charge in [-0.25, -0.2) is 12.8 Å². The van der Waals surface area contributed by atoms with Gasteiger partial charge >= 0.3 is 0 Å². The number of halogens is 1. The maximum Gasteiger partial charge on any atom is 0.262 e. The summed E-state index contributed by atoms with van der Waals surface area (Å²) in [6.45, 7) is 1.86. The van der Waals surface area contributed by atoms with Crippen molar-refractivity contribution in [1.29, 1.82) is 0 Å². The molecule has 112 valence electrons. The molecule has 2 aromatic carbocycles. The zero-order chi connectivity index (χ0) is 15.6. The van der Waals surface area contributed by atoms with Gasteiger partial charge in [-0.3, -0.25) is 4.72 Å². The second kappa shape index (κ2) is 5.61. The first-order valence-electron chi connectivity index (χ1n) is 6.05. The van der Waals surface area contributed by atoms with Crippen LogP contribution in [0.25, 0.3) is 0 Å². The summed E-state index contributed by atoms with van der Waals surface area (Å²) in [6, 6.07) is 8.14. The van der Waals surface area contributed by atoms with Crippen molar-refractivity contribution in [3.63, 3.8) is 0 Å². The number of nitrogens with one attached hydrogen (secondary N) is 1. The molecule has 21 heavy (non-hydrogen) atoms. The molecule has 0 unspecified atom stereocenters. The Morgan fingerprint density at radius 1 is 1.19 bits per heavy atom. The Labute approximate surface area is 122 Å². The van der Waals surface area contributed by atoms with E-state index in [9.17, 15) is 12.8 Å². The molecule has 0 bridgehead atoms. The molecule has 2 rings (SSSR count). The molecule has 0 radical (unpaired) electrons. The molecular weight excluding hydrogens is 295 g/mol. The van der Waals surface area contributed by atoms with Crippen molar-refractivity contribution in [2.45, 2.75) is 11.8 Å². The molecule has 0 aromatic heterocycles. The lowest BCUT2D eigenvalue weighted by molar-refractivity contribution is 0.416. The van der Waals surface area contributed by atoms with E-state index in [1.807, 2.05) is 6.92 Å². The van der Waals surface area contributed by atoms with Crippen LogP contribution in [0.1, 0.15) is 5.56 Å². The minimum Gasteiger partial charge on any atom is -0.495 e. The second-order valence-corrected chi connectivity index (χ2v) is 6.21. The van der Waals surface area contributed by atoms with Gasteiger partial charge in [0.25, 0.3) is 10.0 Å². The highest BCUT2D eigenvalue weighted by atomic mass is 32.2. The quantitative estimate of drug-likeness (QED) is 0.850. The van der Waals surface area contributed by atoms with Crippen LogP contribution in [-0.2, 0) is 10.0 Å². The SMILES string of the molecule is COc1cc(C)ccc1NS(=O)(=O)c1cc(N)cc(F)c1. The largest absolute Gasteiger partial charge is 0.495 e. The van der Waals surface area contributed by atoms with Crippen LogP contribution in [0.15, 0.2) is 41.3 Å². The summed E-state index contributed by atoms with van der Waals surface area (Å²) in [7, 11) is -2.52. The number of ether oxygens (including phenoxy) is 1. The Kier molecular flexibility index (Phi) is 4.04. The number of anilines is 2. The van der Waals surface area contributed by atoms with Gasteiger partial charge in [0.05, 0.1) is 17.7 Å². The van der Waals surface area contributed by atoms with Crippen LogP contribution in [-0.4, -0.2) is 15.5 Å². The summed E-state index contributed by atoms with van der Waals surface area (Å²) >= 11 is 0. The Hall–Kier alpha value is -2.28. The van der Waals surface area contributed by atoms with Crippen molar-refractivity contribution in [1.82, 2.24) is 0 Å². The van der Waals surface area contributed by atoms with Gasteiger partial charge in [0.2, 0.25) is 0 Å². The van der Waals surface area contributed by atoms with Gasteiger partial charge in [-0.1, -0.05) is 6.07 Å². The molecule has 2 aromatic rings. The van der Waals surface area contributed by atoms with Crippen molar-refractivity contribution in [2.24, 2.45) is 0 Å². The van der Waals surface area contributed by atoms with Gasteiger partial charge in [-0.05, 0) is 42.8 Å². The first-order chi connectivity index (χ1) is 9.81. The highest BCUT2D eigenvalue weighted by molar-refractivity contribution is 7.92. The van der Waals surface area contributed by atoms with E-state index in [0.29, 0.717) is 5.75 Å². The van der Waals surface area contributed by atoms with E-state index < -0.39 is 15.8 Å². The lowest BCUT2D eigenvalue weighted by atomic mass is 10.2. The molecule has 7 heteroatoms. The van der Waals surface area contributed by atoms with Crippen molar-refractivity contribution in [3.05, 3.63) is 47.8 Å². The van der Waals surface area contributed by atoms with Crippen molar-refractivity contribution in [3.8, 4) is 5.75 Å². The molecule has 0 fully saturated rings. The van der Waals surface area contributed by atoms with Gasteiger partial charge in [0.15, 0.2) is 0 Å². The number of sulfonamides is 1. The predicted molar refractivity (Wildman–Crippen MR) is 79.4 cm³/mol. The zero-order valence-electron chi connectivity index (χ0n) is 11.6. The standard InChI is InChI=1S/C14H15FN2O3S/c1-9-3-4-13(14(5-9)20-2)17-21(18,19)12-7-10(15)6-11(16)8-12/h3-8,17H,16H2,1-2H3. The van der Waals surface area contributed by atoms with Gasteiger partial charge in [0, 0.05) is 5.69 Å². The summed E-state index contributed by atoms with van der Waals surface area (Å²) < 4.78 is 45.3. The summed E-state index contributed by atoms with van der Waals surface area (Å²) in [4.78, 5) is -0.248. The van der Waals surface area contributed by atoms with E-state index in [1.165, 1.54) is 13.2 Å². The van der Waals surface area contributed by atoms with Crippen LogP contribution in [0.5, 0.6) is 5.75 Å². The van der Waals surface area contributed by atoms with E-state index in [0.717, 1.165) is 17.7 Å². The normalized spacial score (nSPS) is 11.2. The van der Waals surface area contributed by atoms with Crippen LogP contribution in [0.2, 0.25) is 0 Å².